The summed E-state index contributed by atoms with van der Waals surface area (Å²) in [6, 6.07) is -0.0863. The average molecular weight is 277 g/mol. The maximum Gasteiger partial charge on any atom is 0.379 e. The number of halogens is 3. The molecule has 0 aliphatic carbocycles. The molecule has 0 radical (unpaired) electrons. The highest BCUT2D eigenvalue weighted by Gasteiger charge is 2.49. The molecule has 0 saturated heterocycles. The summed E-state index contributed by atoms with van der Waals surface area (Å²) in [5.41, 5.74) is 4.93. The van der Waals surface area contributed by atoms with E-state index in [4.69, 9.17) is 5.73 Å². The number of phenolic OH excluding ortho intramolecular Hbond substituents is 1. The second-order valence-electron chi connectivity index (χ2n) is 3.95. The Kier molecular flexibility index (Phi) is 4.41. The largest absolute Gasteiger partial charge is 0.505 e. The first-order valence-corrected chi connectivity index (χ1v) is 5.52. The van der Waals surface area contributed by atoms with Crippen LogP contribution in [-0.2, 0) is 9.53 Å². The smallest absolute Gasteiger partial charge is 0.379 e. The van der Waals surface area contributed by atoms with Crippen LogP contribution in [0.5, 0.6) is 5.75 Å². The Bertz CT molecular complexity index is 491. The van der Waals surface area contributed by atoms with Crippen molar-refractivity contribution in [3.8, 4) is 5.75 Å². The molecule has 0 bridgehead atoms. The van der Waals surface area contributed by atoms with Gasteiger partial charge in [0, 0.05) is 5.56 Å². The zero-order chi connectivity index (χ0) is 14.8. The molecule has 1 rings (SSSR count). The van der Waals surface area contributed by atoms with E-state index in [1.165, 1.54) is 19.9 Å². The number of hydrogen-bond donors (Lipinski definition) is 2. The Hall–Kier alpha value is -1.76. The molecule has 3 N–H and O–H groups in total. The van der Waals surface area contributed by atoms with Crippen LogP contribution < -0.4 is 5.73 Å². The Balaban J connectivity index is 3.23. The molecule has 0 heterocycles. The molecule has 0 aliphatic rings. The van der Waals surface area contributed by atoms with Crippen LogP contribution in [0.15, 0.2) is 12.1 Å². The summed E-state index contributed by atoms with van der Waals surface area (Å²) in [6.07, 6.45) is 0. The molecule has 0 fully saturated rings. The van der Waals surface area contributed by atoms with Crippen molar-refractivity contribution in [1.29, 1.82) is 0 Å². The number of ether oxygens (including phenoxy) is 1. The number of rotatable bonds is 4. The number of hydrogen-bond acceptors (Lipinski definition) is 4. The second-order valence-corrected chi connectivity index (χ2v) is 3.95. The highest BCUT2D eigenvalue weighted by Crippen LogP contribution is 2.38. The van der Waals surface area contributed by atoms with Crippen LogP contribution in [0.25, 0.3) is 0 Å². The summed E-state index contributed by atoms with van der Waals surface area (Å²) in [5, 5.41) is 9.48. The molecule has 0 spiro atoms. The van der Waals surface area contributed by atoms with Gasteiger partial charge in [-0.05, 0) is 25.5 Å². The van der Waals surface area contributed by atoms with E-state index < -0.39 is 35.1 Å². The summed E-state index contributed by atoms with van der Waals surface area (Å²) in [4.78, 5) is 11.2. The number of nitrogens with two attached hydrogens (primary N) is 1. The van der Waals surface area contributed by atoms with Gasteiger partial charge in [-0.15, -0.1) is 0 Å². The van der Waals surface area contributed by atoms with E-state index in [1.54, 1.807) is 0 Å². The third kappa shape index (κ3) is 2.81. The van der Waals surface area contributed by atoms with E-state index in [9.17, 15) is 23.1 Å². The van der Waals surface area contributed by atoms with Crippen LogP contribution >= 0.6 is 0 Å². The number of carbonyl (C=O) groups excluding carboxylic acids is 1. The van der Waals surface area contributed by atoms with Gasteiger partial charge in [-0.2, -0.15) is 8.78 Å². The highest BCUT2D eigenvalue weighted by molar-refractivity contribution is 5.79. The maximum absolute atomic E-state index is 13.7. The van der Waals surface area contributed by atoms with Gasteiger partial charge in [0.25, 0.3) is 0 Å². The van der Waals surface area contributed by atoms with Gasteiger partial charge in [0.15, 0.2) is 11.6 Å². The van der Waals surface area contributed by atoms with Crippen LogP contribution in [-0.4, -0.2) is 23.6 Å². The molecule has 1 aromatic rings. The van der Waals surface area contributed by atoms with E-state index in [-0.39, 0.29) is 12.2 Å². The molecular formula is C12H14F3NO3. The number of aryl methyl sites for hydroxylation is 1. The molecule has 4 nitrogen and oxygen atoms in total. The molecule has 19 heavy (non-hydrogen) atoms. The lowest BCUT2D eigenvalue weighted by atomic mass is 9.95. The van der Waals surface area contributed by atoms with E-state index >= 15 is 0 Å². The van der Waals surface area contributed by atoms with Crippen molar-refractivity contribution in [2.24, 2.45) is 5.73 Å². The first-order valence-electron chi connectivity index (χ1n) is 5.52. The van der Waals surface area contributed by atoms with Gasteiger partial charge in [-0.1, -0.05) is 6.07 Å². The first-order chi connectivity index (χ1) is 8.73. The molecule has 0 amide bonds. The molecule has 7 heteroatoms. The van der Waals surface area contributed by atoms with Crippen LogP contribution in [0.1, 0.15) is 24.1 Å². The van der Waals surface area contributed by atoms with E-state index in [1.807, 2.05) is 0 Å². The number of benzene rings is 1. The number of alkyl halides is 2. The molecule has 0 aromatic heterocycles. The van der Waals surface area contributed by atoms with Crippen LogP contribution in [0.3, 0.4) is 0 Å². The number of carbonyl (C=O) groups is 1. The summed E-state index contributed by atoms with van der Waals surface area (Å²) in [7, 11) is 0. The fraction of sp³-hybridized carbons (Fsp3) is 0.417. The van der Waals surface area contributed by atoms with Gasteiger partial charge in [0.2, 0.25) is 0 Å². The van der Waals surface area contributed by atoms with Gasteiger partial charge in [0.1, 0.15) is 6.04 Å². The minimum Gasteiger partial charge on any atom is -0.505 e. The lowest BCUT2D eigenvalue weighted by molar-refractivity contribution is -0.174. The first kappa shape index (κ1) is 15.3. The second kappa shape index (κ2) is 5.48. The predicted molar refractivity (Wildman–Crippen MR) is 61.3 cm³/mol. The minimum atomic E-state index is -4.06. The third-order valence-electron chi connectivity index (χ3n) is 2.64. The molecule has 106 valence electrons. The van der Waals surface area contributed by atoms with Crippen LogP contribution in [0.2, 0.25) is 0 Å². The Morgan fingerprint density at radius 3 is 2.63 bits per heavy atom. The van der Waals surface area contributed by atoms with Gasteiger partial charge in [-0.3, -0.25) is 0 Å². The van der Waals surface area contributed by atoms with Gasteiger partial charge >= 0.3 is 11.9 Å². The predicted octanol–water partition coefficient (Wildman–Crippen LogP) is 2.04. The molecule has 1 atom stereocenters. The van der Waals surface area contributed by atoms with Gasteiger partial charge < -0.3 is 15.6 Å². The molecule has 1 aromatic carbocycles. The summed E-state index contributed by atoms with van der Waals surface area (Å²) in [5.74, 6) is -7.95. The number of phenols is 1. The zero-order valence-electron chi connectivity index (χ0n) is 10.4. The lowest BCUT2D eigenvalue weighted by Gasteiger charge is -2.24. The molecular weight excluding hydrogens is 263 g/mol. The highest BCUT2D eigenvalue weighted by atomic mass is 19.3. The number of esters is 1. The summed E-state index contributed by atoms with van der Waals surface area (Å²) < 4.78 is 44.9. The van der Waals surface area contributed by atoms with E-state index in [0.717, 1.165) is 6.07 Å². The fourth-order valence-corrected chi connectivity index (χ4v) is 1.61. The van der Waals surface area contributed by atoms with E-state index in [0.29, 0.717) is 0 Å². The van der Waals surface area contributed by atoms with Crippen molar-refractivity contribution in [3.63, 3.8) is 0 Å². The van der Waals surface area contributed by atoms with Crippen molar-refractivity contribution in [1.82, 2.24) is 0 Å². The quantitative estimate of drug-likeness (QED) is 0.826. The van der Waals surface area contributed by atoms with Crippen LogP contribution in [0, 0.1) is 12.7 Å². The molecule has 0 unspecified atom stereocenters. The van der Waals surface area contributed by atoms with Gasteiger partial charge in [-0.25, -0.2) is 9.18 Å². The van der Waals surface area contributed by atoms with Crippen molar-refractivity contribution >= 4 is 5.97 Å². The SMILES string of the molecule is CCOC(=O)C(F)(F)[C@H](N)c1c(C)ccc(F)c1O. The van der Waals surface area contributed by atoms with Crippen molar-refractivity contribution < 1.29 is 27.8 Å². The van der Waals surface area contributed by atoms with E-state index in [2.05, 4.69) is 4.74 Å². The Morgan fingerprint density at radius 1 is 1.53 bits per heavy atom. The van der Waals surface area contributed by atoms with Gasteiger partial charge in [0.05, 0.1) is 6.61 Å². The normalized spacial score (nSPS) is 13.2. The Morgan fingerprint density at radius 2 is 2.11 bits per heavy atom. The zero-order valence-corrected chi connectivity index (χ0v) is 10.4. The standard InChI is InChI=1S/C12H14F3NO3/c1-3-19-11(18)12(14,15)10(16)8-6(2)4-5-7(13)9(8)17/h4-5,10,17H,3,16H2,1-2H3/t10-/m1/s1. The topological polar surface area (TPSA) is 72.5 Å². The molecule has 0 saturated carbocycles. The fourth-order valence-electron chi connectivity index (χ4n) is 1.61. The maximum atomic E-state index is 13.7. The van der Waals surface area contributed by atoms with Crippen molar-refractivity contribution in [2.75, 3.05) is 6.61 Å². The number of aromatic hydroxyl groups is 1. The minimum absolute atomic E-state index is 0.148. The monoisotopic (exact) mass is 277 g/mol. The summed E-state index contributed by atoms with van der Waals surface area (Å²) >= 11 is 0. The van der Waals surface area contributed by atoms with Crippen molar-refractivity contribution in [3.05, 3.63) is 29.1 Å². The average Bonchev–Trinajstić information content (AvgIpc) is 2.34. The third-order valence-corrected chi connectivity index (χ3v) is 2.64. The lowest BCUT2D eigenvalue weighted by Crippen LogP contribution is -2.42. The van der Waals surface area contributed by atoms with Crippen LogP contribution in [0.4, 0.5) is 13.2 Å². The molecule has 0 aliphatic heterocycles. The van der Waals surface area contributed by atoms with Crippen molar-refractivity contribution in [2.45, 2.75) is 25.8 Å². The summed E-state index contributed by atoms with van der Waals surface area (Å²) in [6.45, 7) is 2.50. The Labute approximate surface area is 108 Å².